The number of hydrogen-bond acceptors (Lipinski definition) is 3. The monoisotopic (exact) mass is 341 g/mol. The van der Waals surface area contributed by atoms with Crippen molar-refractivity contribution in [2.24, 2.45) is 0 Å². The standard InChI is InChI=1S/C16H14F3NO2S/c1-10-7-8-11(23-2)9-12(10)15(21)20-13-5-3-4-6-14(13)22-16(17,18)19/h3-9H,1-2H3,(H,20,21). The molecular formula is C16H14F3NO2S. The normalized spacial score (nSPS) is 11.2. The van der Waals surface area contributed by atoms with Crippen LogP contribution < -0.4 is 10.1 Å². The number of para-hydroxylation sites is 2. The number of carbonyl (C=O) groups is 1. The van der Waals surface area contributed by atoms with Crippen molar-refractivity contribution in [2.75, 3.05) is 11.6 Å². The van der Waals surface area contributed by atoms with Gasteiger partial charge in [-0.05, 0) is 43.0 Å². The van der Waals surface area contributed by atoms with E-state index in [9.17, 15) is 18.0 Å². The van der Waals surface area contributed by atoms with Gasteiger partial charge in [0, 0.05) is 10.5 Å². The highest BCUT2D eigenvalue weighted by molar-refractivity contribution is 7.98. The van der Waals surface area contributed by atoms with Crippen molar-refractivity contribution in [3.8, 4) is 5.75 Å². The van der Waals surface area contributed by atoms with Gasteiger partial charge in [-0.1, -0.05) is 18.2 Å². The van der Waals surface area contributed by atoms with Gasteiger partial charge in [-0.2, -0.15) is 0 Å². The molecule has 0 saturated heterocycles. The maximum Gasteiger partial charge on any atom is 0.573 e. The molecule has 122 valence electrons. The number of rotatable bonds is 4. The van der Waals surface area contributed by atoms with E-state index >= 15 is 0 Å². The van der Waals surface area contributed by atoms with Gasteiger partial charge >= 0.3 is 6.36 Å². The number of nitrogens with one attached hydrogen (secondary N) is 1. The summed E-state index contributed by atoms with van der Waals surface area (Å²) in [5.74, 6) is -0.941. The van der Waals surface area contributed by atoms with E-state index in [2.05, 4.69) is 10.1 Å². The largest absolute Gasteiger partial charge is 0.573 e. The summed E-state index contributed by atoms with van der Waals surface area (Å²) in [6, 6.07) is 10.8. The molecule has 1 N–H and O–H groups in total. The number of ether oxygens (including phenoxy) is 1. The van der Waals surface area contributed by atoms with Gasteiger partial charge in [0.25, 0.3) is 5.91 Å². The molecule has 1 amide bonds. The Kier molecular flexibility index (Phi) is 5.20. The second-order valence-electron chi connectivity index (χ2n) is 4.68. The summed E-state index contributed by atoms with van der Waals surface area (Å²) in [7, 11) is 0. The number of thioether (sulfide) groups is 1. The van der Waals surface area contributed by atoms with Gasteiger partial charge in [-0.3, -0.25) is 4.79 Å². The molecule has 0 aromatic heterocycles. The quantitative estimate of drug-likeness (QED) is 0.807. The van der Waals surface area contributed by atoms with Gasteiger partial charge in [0.1, 0.15) is 0 Å². The molecule has 23 heavy (non-hydrogen) atoms. The molecular weight excluding hydrogens is 327 g/mol. The maximum atomic E-state index is 12.4. The van der Waals surface area contributed by atoms with Gasteiger partial charge in [0.05, 0.1) is 5.69 Å². The van der Waals surface area contributed by atoms with Crippen LogP contribution in [0.15, 0.2) is 47.4 Å². The zero-order valence-corrected chi connectivity index (χ0v) is 13.2. The fourth-order valence-corrected chi connectivity index (χ4v) is 2.39. The third kappa shape index (κ3) is 4.66. The minimum atomic E-state index is -4.82. The molecule has 0 radical (unpaired) electrons. The number of hydrogen-bond donors (Lipinski definition) is 1. The summed E-state index contributed by atoms with van der Waals surface area (Å²) < 4.78 is 41.1. The highest BCUT2D eigenvalue weighted by Gasteiger charge is 2.32. The van der Waals surface area contributed by atoms with Crippen molar-refractivity contribution in [3.05, 3.63) is 53.6 Å². The van der Waals surface area contributed by atoms with Crippen LogP contribution in [0.4, 0.5) is 18.9 Å². The first-order chi connectivity index (χ1) is 10.8. The maximum absolute atomic E-state index is 12.4. The number of benzene rings is 2. The summed E-state index contributed by atoms with van der Waals surface area (Å²) in [5, 5.41) is 2.47. The van der Waals surface area contributed by atoms with Gasteiger partial charge < -0.3 is 10.1 Å². The molecule has 3 nitrogen and oxygen atoms in total. The predicted molar refractivity (Wildman–Crippen MR) is 84.0 cm³/mol. The summed E-state index contributed by atoms with van der Waals surface area (Å²) in [6.45, 7) is 1.76. The van der Waals surface area contributed by atoms with Crippen molar-refractivity contribution < 1.29 is 22.7 Å². The van der Waals surface area contributed by atoms with Crippen molar-refractivity contribution in [2.45, 2.75) is 18.2 Å². The van der Waals surface area contributed by atoms with Crippen LogP contribution in [0.3, 0.4) is 0 Å². The molecule has 0 unspecified atom stereocenters. The predicted octanol–water partition coefficient (Wildman–Crippen LogP) is 4.87. The summed E-state index contributed by atoms with van der Waals surface area (Å²) in [5.41, 5.74) is 1.09. The molecule has 0 bridgehead atoms. The Bertz CT molecular complexity index is 717. The van der Waals surface area contributed by atoms with Crippen LogP contribution in [0.25, 0.3) is 0 Å². The molecule has 2 rings (SSSR count). The molecule has 2 aromatic carbocycles. The number of anilines is 1. The number of alkyl halides is 3. The molecule has 0 fully saturated rings. The molecule has 0 spiro atoms. The Hall–Kier alpha value is -2.15. The first kappa shape index (κ1) is 17.2. The van der Waals surface area contributed by atoms with E-state index in [1.165, 1.54) is 30.0 Å². The topological polar surface area (TPSA) is 38.3 Å². The van der Waals surface area contributed by atoms with E-state index in [0.29, 0.717) is 5.56 Å². The summed E-state index contributed by atoms with van der Waals surface area (Å²) in [6.07, 6.45) is -2.95. The van der Waals surface area contributed by atoms with Crippen LogP contribution in [-0.2, 0) is 0 Å². The Balaban J connectivity index is 2.27. The van der Waals surface area contributed by atoms with Crippen LogP contribution >= 0.6 is 11.8 Å². The van der Waals surface area contributed by atoms with Crippen LogP contribution in [0.2, 0.25) is 0 Å². The van der Waals surface area contributed by atoms with Crippen molar-refractivity contribution in [1.82, 2.24) is 0 Å². The molecule has 0 heterocycles. The van der Waals surface area contributed by atoms with Crippen molar-refractivity contribution in [1.29, 1.82) is 0 Å². The number of amides is 1. The lowest BCUT2D eigenvalue weighted by molar-refractivity contribution is -0.274. The van der Waals surface area contributed by atoms with Crippen LogP contribution in [0.1, 0.15) is 15.9 Å². The van der Waals surface area contributed by atoms with E-state index < -0.39 is 18.0 Å². The lowest BCUT2D eigenvalue weighted by Crippen LogP contribution is -2.20. The first-order valence-electron chi connectivity index (χ1n) is 6.61. The van der Waals surface area contributed by atoms with Crippen LogP contribution in [0.5, 0.6) is 5.75 Å². The molecule has 0 atom stereocenters. The van der Waals surface area contributed by atoms with E-state index in [4.69, 9.17) is 0 Å². The Morgan fingerprint density at radius 2 is 1.87 bits per heavy atom. The average molecular weight is 341 g/mol. The zero-order chi connectivity index (χ0) is 17.0. The highest BCUT2D eigenvalue weighted by atomic mass is 32.2. The van der Waals surface area contributed by atoms with Gasteiger partial charge in [0.2, 0.25) is 0 Å². The summed E-state index contributed by atoms with van der Waals surface area (Å²) >= 11 is 1.47. The van der Waals surface area contributed by atoms with Crippen LogP contribution in [0, 0.1) is 6.92 Å². The second-order valence-corrected chi connectivity index (χ2v) is 5.56. The minimum Gasteiger partial charge on any atom is -0.404 e. The number of halogens is 3. The SMILES string of the molecule is CSc1ccc(C)c(C(=O)Nc2ccccc2OC(F)(F)F)c1. The van der Waals surface area contributed by atoms with Crippen molar-refractivity contribution >= 4 is 23.4 Å². The number of carbonyl (C=O) groups excluding carboxylic acids is 1. The van der Waals surface area contributed by atoms with Crippen LogP contribution in [-0.4, -0.2) is 18.5 Å². The average Bonchev–Trinajstić information content (AvgIpc) is 2.48. The molecule has 0 aliphatic carbocycles. The second kappa shape index (κ2) is 6.95. The van der Waals surface area contributed by atoms with E-state index in [-0.39, 0.29) is 5.69 Å². The molecule has 0 aliphatic rings. The molecule has 0 aliphatic heterocycles. The smallest absolute Gasteiger partial charge is 0.404 e. The fourth-order valence-electron chi connectivity index (χ4n) is 1.95. The third-order valence-corrected chi connectivity index (χ3v) is 3.78. The van der Waals surface area contributed by atoms with Crippen molar-refractivity contribution in [3.63, 3.8) is 0 Å². The first-order valence-corrected chi connectivity index (χ1v) is 7.83. The van der Waals surface area contributed by atoms with Gasteiger partial charge in [-0.25, -0.2) is 0 Å². The molecule has 2 aromatic rings. The van der Waals surface area contributed by atoms with E-state index in [1.807, 2.05) is 12.3 Å². The zero-order valence-electron chi connectivity index (χ0n) is 12.4. The highest BCUT2D eigenvalue weighted by Crippen LogP contribution is 2.30. The lowest BCUT2D eigenvalue weighted by Gasteiger charge is -2.14. The molecule has 0 saturated carbocycles. The third-order valence-electron chi connectivity index (χ3n) is 3.05. The number of aryl methyl sites for hydroxylation is 1. The fraction of sp³-hybridized carbons (Fsp3) is 0.188. The Morgan fingerprint density at radius 1 is 1.17 bits per heavy atom. The molecule has 7 heteroatoms. The van der Waals surface area contributed by atoms with E-state index in [1.54, 1.807) is 19.1 Å². The minimum absolute atomic E-state index is 0.0382. The van der Waals surface area contributed by atoms with Gasteiger partial charge in [0.15, 0.2) is 5.75 Å². The summed E-state index contributed by atoms with van der Waals surface area (Å²) in [4.78, 5) is 13.3. The van der Waals surface area contributed by atoms with Gasteiger partial charge in [-0.15, -0.1) is 24.9 Å². The lowest BCUT2D eigenvalue weighted by atomic mass is 10.1. The Labute approximate surface area is 135 Å². The Morgan fingerprint density at radius 3 is 2.52 bits per heavy atom. The van der Waals surface area contributed by atoms with E-state index in [0.717, 1.165) is 16.5 Å².